The van der Waals surface area contributed by atoms with Crippen molar-refractivity contribution in [3.63, 3.8) is 0 Å². The lowest BCUT2D eigenvalue weighted by Crippen LogP contribution is -2.42. The van der Waals surface area contributed by atoms with Crippen LogP contribution in [0.25, 0.3) is 11.0 Å². The second-order valence-corrected chi connectivity index (χ2v) is 6.61. The molecular weight excluding hydrogens is 349 g/mol. The summed E-state index contributed by atoms with van der Waals surface area (Å²) in [6.07, 6.45) is 0. The maximum Gasteiger partial charge on any atom is 0.243 e. The number of amides is 1. The van der Waals surface area contributed by atoms with E-state index in [4.69, 9.17) is 17.3 Å². The number of rotatable bonds is 3. The van der Waals surface area contributed by atoms with Gasteiger partial charge in [0.15, 0.2) is 0 Å². The predicted molar refractivity (Wildman–Crippen MR) is 80.2 cm³/mol. The average molecular weight is 363 g/mol. The molecule has 2 N–H and O–H groups in total. The zero-order valence-electron chi connectivity index (χ0n) is 11.2. The number of imidazole rings is 1. The third-order valence-electron chi connectivity index (χ3n) is 3.24. The van der Waals surface area contributed by atoms with Crippen LogP contribution in [0.15, 0.2) is 16.6 Å². The summed E-state index contributed by atoms with van der Waals surface area (Å²) in [4.78, 5) is 16.1. The molecule has 2 rings (SSSR count). The first-order chi connectivity index (χ1) is 9.16. The molecule has 1 heterocycles. The quantitative estimate of drug-likeness (QED) is 0.850. The van der Waals surface area contributed by atoms with E-state index >= 15 is 0 Å². The van der Waals surface area contributed by atoms with Crippen LogP contribution >= 0.6 is 27.5 Å². The summed E-state index contributed by atoms with van der Waals surface area (Å²) in [5.74, 6) is -0.466. The van der Waals surface area contributed by atoms with E-state index in [0.717, 1.165) is 0 Å². The van der Waals surface area contributed by atoms with Crippen molar-refractivity contribution in [3.8, 4) is 0 Å². The lowest BCUT2D eigenvalue weighted by atomic mass is 10.0. The summed E-state index contributed by atoms with van der Waals surface area (Å²) in [5.41, 5.74) is 5.48. The van der Waals surface area contributed by atoms with E-state index in [1.54, 1.807) is 31.4 Å². The Bertz CT molecular complexity index is 696. The molecule has 2 aromatic rings. The van der Waals surface area contributed by atoms with Gasteiger partial charge in [-0.15, -0.1) is 11.6 Å². The van der Waals surface area contributed by atoms with Crippen molar-refractivity contribution in [2.45, 2.75) is 31.7 Å². The van der Waals surface area contributed by atoms with Crippen molar-refractivity contribution in [1.82, 2.24) is 9.55 Å². The second kappa shape index (κ2) is 5.00. The zero-order chi connectivity index (χ0) is 15.2. The molecule has 1 amide bonds. The number of halogens is 3. The number of carbonyl (C=O) groups excluding carboxylic acids is 1. The Morgan fingerprint density at radius 1 is 1.55 bits per heavy atom. The molecule has 7 heteroatoms. The molecule has 0 aliphatic rings. The van der Waals surface area contributed by atoms with Gasteiger partial charge >= 0.3 is 0 Å². The molecule has 0 aliphatic carbocycles. The van der Waals surface area contributed by atoms with Gasteiger partial charge in [-0.3, -0.25) is 4.79 Å². The van der Waals surface area contributed by atoms with Crippen molar-refractivity contribution in [1.29, 1.82) is 0 Å². The fourth-order valence-corrected chi connectivity index (χ4v) is 2.53. The van der Waals surface area contributed by atoms with E-state index in [2.05, 4.69) is 20.9 Å². The monoisotopic (exact) mass is 361 g/mol. The number of hydrogen-bond acceptors (Lipinski definition) is 2. The summed E-state index contributed by atoms with van der Waals surface area (Å²) in [6, 6.07) is 2.88. The Balaban J connectivity index is 2.89. The Kier molecular flexibility index (Phi) is 3.81. The molecule has 1 unspecified atom stereocenters. The predicted octanol–water partition coefficient (Wildman–Crippen LogP) is 3.46. The molecule has 0 aliphatic heterocycles. The minimum atomic E-state index is -1.02. The molecule has 0 fully saturated rings. The Labute approximate surface area is 129 Å². The molecule has 1 aromatic heterocycles. The first kappa shape index (κ1) is 15.3. The molecule has 0 saturated carbocycles. The van der Waals surface area contributed by atoms with Crippen molar-refractivity contribution < 1.29 is 9.18 Å². The van der Waals surface area contributed by atoms with Crippen LogP contribution in [0, 0.1) is 5.82 Å². The second-order valence-electron chi connectivity index (χ2n) is 5.10. The van der Waals surface area contributed by atoms with Gasteiger partial charge in [0.05, 0.1) is 20.9 Å². The fourth-order valence-electron chi connectivity index (χ4n) is 2.06. The highest BCUT2D eigenvalue weighted by Crippen LogP contribution is 2.33. The molecule has 0 bridgehead atoms. The number of carbonyl (C=O) groups is 1. The summed E-state index contributed by atoms with van der Waals surface area (Å²) >= 11 is 9.26. The Morgan fingerprint density at radius 3 is 2.65 bits per heavy atom. The number of aromatic nitrogens is 2. The van der Waals surface area contributed by atoms with Crippen LogP contribution in [0.2, 0.25) is 0 Å². The van der Waals surface area contributed by atoms with Crippen LogP contribution in [0.4, 0.5) is 4.39 Å². The molecule has 20 heavy (non-hydrogen) atoms. The molecule has 4 nitrogen and oxygen atoms in total. The van der Waals surface area contributed by atoms with Gasteiger partial charge in [-0.1, -0.05) is 0 Å². The first-order valence-electron chi connectivity index (χ1n) is 5.98. The number of hydrogen-bond donors (Lipinski definition) is 1. The summed E-state index contributed by atoms with van der Waals surface area (Å²) in [6.45, 7) is 5.09. The molecule has 1 atom stereocenters. The van der Waals surface area contributed by atoms with Gasteiger partial charge in [0.25, 0.3) is 0 Å². The van der Waals surface area contributed by atoms with Crippen LogP contribution in [-0.4, -0.2) is 15.5 Å². The highest BCUT2D eigenvalue weighted by Gasteiger charge is 2.33. The number of fused-ring (bicyclic) bond motifs is 1. The topological polar surface area (TPSA) is 60.9 Å². The number of alkyl halides is 1. The van der Waals surface area contributed by atoms with Gasteiger partial charge in [-0.2, -0.15) is 0 Å². The highest BCUT2D eigenvalue weighted by molar-refractivity contribution is 9.10. The molecule has 0 saturated heterocycles. The van der Waals surface area contributed by atoms with Crippen molar-refractivity contribution in [3.05, 3.63) is 28.2 Å². The molecular formula is C13H14BrClFN3O. The summed E-state index contributed by atoms with van der Waals surface area (Å²) in [7, 11) is 0. The van der Waals surface area contributed by atoms with Crippen molar-refractivity contribution in [2.75, 3.05) is 0 Å². The molecule has 0 radical (unpaired) electrons. The van der Waals surface area contributed by atoms with Crippen LogP contribution in [0.5, 0.6) is 0 Å². The van der Waals surface area contributed by atoms with Crippen molar-refractivity contribution >= 4 is 44.5 Å². The van der Waals surface area contributed by atoms with Gasteiger partial charge in [0, 0.05) is 6.07 Å². The standard InChI is InChI=1S/C13H14BrClFN3O/c1-6(15)11-18-9-5-8(16)7(14)4-10(9)19(11)13(2,3)12(17)20/h4-6H,1-3H3,(H2,17,20). The number of nitrogens with two attached hydrogens (primary N) is 1. The van der Waals surface area contributed by atoms with Gasteiger partial charge in [0.1, 0.15) is 17.2 Å². The lowest BCUT2D eigenvalue weighted by molar-refractivity contribution is -0.125. The van der Waals surface area contributed by atoms with Crippen LogP contribution in [0.3, 0.4) is 0 Å². The molecule has 0 spiro atoms. The zero-order valence-corrected chi connectivity index (χ0v) is 13.6. The maximum atomic E-state index is 13.6. The summed E-state index contributed by atoms with van der Waals surface area (Å²) in [5, 5.41) is -0.442. The fraction of sp³-hybridized carbons (Fsp3) is 0.385. The molecule has 1 aromatic carbocycles. The number of primary amides is 1. The van der Waals surface area contributed by atoms with E-state index in [-0.39, 0.29) is 0 Å². The number of nitrogens with zero attached hydrogens (tertiary/aromatic N) is 2. The van der Waals surface area contributed by atoms with Crippen molar-refractivity contribution in [2.24, 2.45) is 5.73 Å². The first-order valence-corrected chi connectivity index (χ1v) is 7.21. The van der Waals surface area contributed by atoms with E-state index in [1.807, 2.05) is 0 Å². The highest BCUT2D eigenvalue weighted by atomic mass is 79.9. The largest absolute Gasteiger partial charge is 0.368 e. The van der Waals surface area contributed by atoms with Crippen LogP contribution < -0.4 is 5.73 Å². The van der Waals surface area contributed by atoms with E-state index in [9.17, 15) is 9.18 Å². The third-order valence-corrected chi connectivity index (χ3v) is 4.04. The van der Waals surface area contributed by atoms with Crippen LogP contribution in [0.1, 0.15) is 32.0 Å². The van der Waals surface area contributed by atoms with E-state index in [1.165, 1.54) is 6.07 Å². The number of benzene rings is 1. The third kappa shape index (κ3) is 2.31. The Hall–Kier alpha value is -1.14. The SMILES string of the molecule is CC(Cl)c1nc2cc(F)c(Br)cc2n1C(C)(C)C(N)=O. The maximum absolute atomic E-state index is 13.6. The van der Waals surface area contributed by atoms with Crippen LogP contribution in [-0.2, 0) is 10.3 Å². The molecule has 108 valence electrons. The minimum Gasteiger partial charge on any atom is -0.368 e. The Morgan fingerprint density at radius 2 is 2.15 bits per heavy atom. The van der Waals surface area contributed by atoms with Gasteiger partial charge in [-0.25, -0.2) is 9.37 Å². The van der Waals surface area contributed by atoms with Gasteiger partial charge in [0.2, 0.25) is 5.91 Å². The van der Waals surface area contributed by atoms with Gasteiger partial charge in [-0.05, 0) is 42.8 Å². The smallest absolute Gasteiger partial charge is 0.243 e. The normalized spacial score (nSPS) is 13.7. The van der Waals surface area contributed by atoms with E-state index in [0.29, 0.717) is 21.3 Å². The average Bonchev–Trinajstić information content (AvgIpc) is 2.68. The minimum absolute atomic E-state index is 0.292. The lowest BCUT2D eigenvalue weighted by Gasteiger charge is -2.26. The van der Waals surface area contributed by atoms with Gasteiger partial charge < -0.3 is 10.3 Å². The van der Waals surface area contributed by atoms with E-state index < -0.39 is 22.6 Å². The summed E-state index contributed by atoms with van der Waals surface area (Å²) < 4.78 is 15.6.